The Hall–Kier alpha value is -2.36. The molecule has 1 amide bonds. The second kappa shape index (κ2) is 7.90. The molecule has 0 radical (unpaired) electrons. The Bertz CT molecular complexity index is 993. The summed E-state index contributed by atoms with van der Waals surface area (Å²) < 4.78 is 6.45. The van der Waals surface area contributed by atoms with Crippen molar-refractivity contribution in [2.24, 2.45) is 0 Å². The number of anilines is 1. The molecule has 1 N–H and O–H groups in total. The van der Waals surface area contributed by atoms with E-state index >= 15 is 0 Å². The lowest BCUT2D eigenvalue weighted by molar-refractivity contribution is -0.384. The van der Waals surface area contributed by atoms with Crippen LogP contribution in [0.2, 0.25) is 5.02 Å². The fraction of sp³-hybridized carbons (Fsp3) is 0.125. The van der Waals surface area contributed by atoms with E-state index in [0.717, 1.165) is 0 Å². The number of non-ortho nitro benzene ring substituents is 1. The van der Waals surface area contributed by atoms with Gasteiger partial charge in [-0.15, -0.1) is 11.3 Å². The van der Waals surface area contributed by atoms with Gasteiger partial charge in [0.15, 0.2) is 4.34 Å². The van der Waals surface area contributed by atoms with Gasteiger partial charge in [0.05, 0.1) is 33.0 Å². The number of nitro benzene ring substituents is 1. The maximum atomic E-state index is 12.1. The molecule has 2 aromatic carbocycles. The lowest BCUT2D eigenvalue weighted by Crippen LogP contribution is -2.13. The van der Waals surface area contributed by atoms with E-state index < -0.39 is 4.92 Å². The Morgan fingerprint density at radius 2 is 2.19 bits per heavy atom. The SMILES string of the molecule is COc1ccc(NC(=O)CSc2nc3ccc([N+](=O)[O-])cc3s2)cc1Cl. The van der Waals surface area contributed by atoms with Crippen LogP contribution in [-0.4, -0.2) is 28.7 Å². The summed E-state index contributed by atoms with van der Waals surface area (Å²) in [5, 5.41) is 14.0. The summed E-state index contributed by atoms with van der Waals surface area (Å²) in [6.07, 6.45) is 0. The number of thioether (sulfide) groups is 1. The molecule has 0 aliphatic rings. The van der Waals surface area contributed by atoms with E-state index in [1.54, 1.807) is 24.3 Å². The van der Waals surface area contributed by atoms with Gasteiger partial charge in [-0.2, -0.15) is 0 Å². The number of nitro groups is 1. The van der Waals surface area contributed by atoms with Gasteiger partial charge in [0.2, 0.25) is 5.91 Å². The molecule has 10 heteroatoms. The van der Waals surface area contributed by atoms with Crippen LogP contribution in [0.4, 0.5) is 11.4 Å². The highest BCUT2D eigenvalue weighted by Gasteiger charge is 2.12. The van der Waals surface area contributed by atoms with Crippen molar-refractivity contribution in [1.82, 2.24) is 4.98 Å². The number of carbonyl (C=O) groups excluding carboxylic acids is 1. The topological polar surface area (TPSA) is 94.4 Å². The predicted molar refractivity (Wildman–Crippen MR) is 104 cm³/mol. The first-order chi connectivity index (χ1) is 12.5. The van der Waals surface area contributed by atoms with Crippen molar-refractivity contribution in [2.75, 3.05) is 18.2 Å². The zero-order valence-electron chi connectivity index (χ0n) is 13.4. The minimum absolute atomic E-state index is 0.0202. The third kappa shape index (κ3) is 4.24. The summed E-state index contributed by atoms with van der Waals surface area (Å²) in [5.41, 5.74) is 1.26. The average molecular weight is 410 g/mol. The van der Waals surface area contributed by atoms with Gasteiger partial charge in [-0.25, -0.2) is 4.98 Å². The normalized spacial score (nSPS) is 10.7. The molecule has 0 saturated heterocycles. The van der Waals surface area contributed by atoms with Crippen molar-refractivity contribution in [1.29, 1.82) is 0 Å². The van der Waals surface area contributed by atoms with Crippen LogP contribution < -0.4 is 10.1 Å². The van der Waals surface area contributed by atoms with E-state index in [4.69, 9.17) is 16.3 Å². The number of hydrogen-bond acceptors (Lipinski definition) is 7. The summed E-state index contributed by atoms with van der Waals surface area (Å²) >= 11 is 8.61. The molecule has 0 unspecified atom stereocenters. The Kier molecular flexibility index (Phi) is 5.60. The molecule has 1 heterocycles. The van der Waals surface area contributed by atoms with Gasteiger partial charge >= 0.3 is 0 Å². The maximum absolute atomic E-state index is 12.1. The number of carbonyl (C=O) groups is 1. The summed E-state index contributed by atoms with van der Waals surface area (Å²) in [6.45, 7) is 0. The van der Waals surface area contributed by atoms with E-state index in [1.165, 1.54) is 42.3 Å². The molecule has 1 aromatic heterocycles. The van der Waals surface area contributed by atoms with E-state index in [1.807, 2.05) is 0 Å². The molecule has 0 saturated carbocycles. The third-order valence-electron chi connectivity index (χ3n) is 3.33. The molecule has 3 rings (SSSR count). The molecule has 7 nitrogen and oxygen atoms in total. The van der Waals surface area contributed by atoms with Gasteiger partial charge in [-0.3, -0.25) is 14.9 Å². The molecule has 0 bridgehead atoms. The summed E-state index contributed by atoms with van der Waals surface area (Å²) in [7, 11) is 1.52. The summed E-state index contributed by atoms with van der Waals surface area (Å²) in [4.78, 5) is 26.8. The first-order valence-corrected chi connectivity index (χ1v) is 9.45. The van der Waals surface area contributed by atoms with Crippen molar-refractivity contribution in [2.45, 2.75) is 4.34 Å². The summed E-state index contributed by atoms with van der Waals surface area (Å²) in [5.74, 6) is 0.482. The first kappa shape index (κ1) is 18.4. The number of methoxy groups -OCH3 is 1. The molecule has 0 aliphatic carbocycles. The highest BCUT2D eigenvalue weighted by atomic mass is 35.5. The number of aromatic nitrogens is 1. The number of hydrogen-bond donors (Lipinski definition) is 1. The van der Waals surface area contributed by atoms with Gasteiger partial charge in [0, 0.05) is 17.8 Å². The largest absolute Gasteiger partial charge is 0.495 e. The van der Waals surface area contributed by atoms with Gasteiger partial charge in [-0.05, 0) is 24.3 Å². The average Bonchev–Trinajstić information content (AvgIpc) is 3.02. The number of benzene rings is 2. The second-order valence-electron chi connectivity index (χ2n) is 5.08. The van der Waals surface area contributed by atoms with Crippen molar-refractivity contribution in [3.63, 3.8) is 0 Å². The van der Waals surface area contributed by atoms with Gasteiger partial charge in [0.1, 0.15) is 5.75 Å². The number of nitrogens with one attached hydrogen (secondary N) is 1. The highest BCUT2D eigenvalue weighted by Crippen LogP contribution is 2.32. The zero-order chi connectivity index (χ0) is 18.7. The number of amides is 1. The summed E-state index contributed by atoms with van der Waals surface area (Å²) in [6, 6.07) is 9.48. The van der Waals surface area contributed by atoms with Gasteiger partial charge in [0.25, 0.3) is 5.69 Å². The molecule has 134 valence electrons. The first-order valence-electron chi connectivity index (χ1n) is 7.27. The van der Waals surface area contributed by atoms with E-state index in [2.05, 4.69) is 10.3 Å². The van der Waals surface area contributed by atoms with Crippen LogP contribution in [0.25, 0.3) is 10.2 Å². The van der Waals surface area contributed by atoms with Crippen LogP contribution in [0.3, 0.4) is 0 Å². The molecular formula is C16H12ClN3O4S2. The molecule has 26 heavy (non-hydrogen) atoms. The fourth-order valence-electron chi connectivity index (χ4n) is 2.14. The molecule has 0 spiro atoms. The monoisotopic (exact) mass is 409 g/mol. The Balaban J connectivity index is 1.63. The Labute approximate surface area is 161 Å². The smallest absolute Gasteiger partial charge is 0.270 e. The molecular weight excluding hydrogens is 398 g/mol. The van der Waals surface area contributed by atoms with E-state index in [9.17, 15) is 14.9 Å². The van der Waals surface area contributed by atoms with Gasteiger partial charge in [-0.1, -0.05) is 23.4 Å². The highest BCUT2D eigenvalue weighted by molar-refractivity contribution is 8.01. The van der Waals surface area contributed by atoms with Crippen LogP contribution in [-0.2, 0) is 4.79 Å². The third-order valence-corrected chi connectivity index (χ3v) is 5.78. The molecule has 0 aliphatic heterocycles. The molecule has 0 fully saturated rings. The van der Waals surface area contributed by atoms with E-state index in [-0.39, 0.29) is 17.3 Å². The Morgan fingerprint density at radius 1 is 1.38 bits per heavy atom. The predicted octanol–water partition coefficient (Wildman–Crippen LogP) is 4.60. The number of nitrogens with zero attached hydrogens (tertiary/aromatic N) is 2. The fourth-order valence-corrected chi connectivity index (χ4v) is 4.30. The minimum atomic E-state index is -0.445. The number of ether oxygens (including phenoxy) is 1. The number of fused-ring (bicyclic) bond motifs is 1. The number of rotatable bonds is 6. The number of thiazole rings is 1. The van der Waals surface area contributed by atoms with Crippen LogP contribution in [0.1, 0.15) is 0 Å². The van der Waals surface area contributed by atoms with Crippen molar-refractivity contribution >= 4 is 62.2 Å². The van der Waals surface area contributed by atoms with E-state index in [0.29, 0.717) is 31.0 Å². The van der Waals surface area contributed by atoms with Crippen LogP contribution in [0, 0.1) is 10.1 Å². The van der Waals surface area contributed by atoms with Crippen molar-refractivity contribution in [3.8, 4) is 5.75 Å². The van der Waals surface area contributed by atoms with Crippen LogP contribution in [0.15, 0.2) is 40.7 Å². The van der Waals surface area contributed by atoms with Gasteiger partial charge < -0.3 is 10.1 Å². The van der Waals surface area contributed by atoms with Crippen molar-refractivity contribution in [3.05, 3.63) is 51.5 Å². The lowest BCUT2D eigenvalue weighted by atomic mass is 10.3. The quantitative estimate of drug-likeness (QED) is 0.363. The zero-order valence-corrected chi connectivity index (χ0v) is 15.8. The molecule has 3 aromatic rings. The van der Waals surface area contributed by atoms with Crippen LogP contribution >= 0.6 is 34.7 Å². The molecule has 0 atom stereocenters. The minimum Gasteiger partial charge on any atom is -0.495 e. The number of halogens is 1. The van der Waals surface area contributed by atoms with Crippen molar-refractivity contribution < 1.29 is 14.5 Å². The maximum Gasteiger partial charge on any atom is 0.270 e. The second-order valence-corrected chi connectivity index (χ2v) is 7.74. The lowest BCUT2D eigenvalue weighted by Gasteiger charge is -2.07. The Morgan fingerprint density at radius 3 is 2.88 bits per heavy atom. The standard InChI is InChI=1S/C16H12ClN3O4S2/c1-24-13-5-2-9(6-11(13)17)18-15(21)8-25-16-19-12-4-3-10(20(22)23)7-14(12)26-16/h2-7H,8H2,1H3,(H,18,21). The van der Waals surface area contributed by atoms with Crippen LogP contribution in [0.5, 0.6) is 5.75 Å².